The number of ether oxygens (including phenoxy) is 4. The van der Waals surface area contributed by atoms with Gasteiger partial charge in [-0.3, -0.25) is 0 Å². The Labute approximate surface area is 151 Å². The minimum Gasteiger partial charge on any atom is -0.454 e. The molecule has 0 bridgehead atoms. The number of carbonyl (C=O) groups is 1. The van der Waals surface area contributed by atoms with Gasteiger partial charge in [0.25, 0.3) is 0 Å². The summed E-state index contributed by atoms with van der Waals surface area (Å²) in [4.78, 5) is 12.1. The van der Waals surface area contributed by atoms with Crippen molar-refractivity contribution in [1.82, 2.24) is 10.6 Å². The van der Waals surface area contributed by atoms with Crippen molar-refractivity contribution in [2.75, 3.05) is 20.1 Å². The molecule has 136 valence electrons. The Kier molecular flexibility index (Phi) is 4.43. The van der Waals surface area contributed by atoms with Gasteiger partial charge in [0.15, 0.2) is 23.0 Å². The second-order valence-electron chi connectivity index (χ2n) is 6.17. The molecule has 2 heterocycles. The van der Waals surface area contributed by atoms with Crippen molar-refractivity contribution in [2.45, 2.75) is 19.4 Å². The van der Waals surface area contributed by atoms with Crippen LogP contribution in [0.2, 0.25) is 0 Å². The molecule has 2 aliphatic rings. The third kappa shape index (κ3) is 3.46. The molecule has 2 aromatic carbocycles. The number of carbonyl (C=O) groups excluding carboxylic acids is 1. The molecule has 2 aliphatic heterocycles. The van der Waals surface area contributed by atoms with Crippen LogP contribution in [0, 0.1) is 0 Å². The lowest BCUT2D eigenvalue weighted by Crippen LogP contribution is -2.38. The molecule has 4 rings (SSSR count). The van der Waals surface area contributed by atoms with Crippen LogP contribution in [0.25, 0.3) is 0 Å². The van der Waals surface area contributed by atoms with E-state index in [1.165, 1.54) is 0 Å². The maximum absolute atomic E-state index is 12.1. The molecule has 26 heavy (non-hydrogen) atoms. The van der Waals surface area contributed by atoms with Gasteiger partial charge in [-0.15, -0.1) is 0 Å². The average molecular weight is 356 g/mol. The highest BCUT2D eigenvalue weighted by molar-refractivity contribution is 5.74. The van der Waals surface area contributed by atoms with E-state index in [1.807, 2.05) is 43.3 Å². The van der Waals surface area contributed by atoms with Crippen LogP contribution in [-0.2, 0) is 6.42 Å². The number of nitrogens with one attached hydrogen (secondary N) is 2. The van der Waals surface area contributed by atoms with Gasteiger partial charge in [0, 0.05) is 6.54 Å². The molecule has 1 atom stereocenters. The Morgan fingerprint density at radius 2 is 1.62 bits per heavy atom. The standard InChI is InChI=1S/C19H20N2O5/c1-12(14-3-5-16-18(9-14)26-11-24-16)21-19(22)20-7-6-13-2-4-15-17(8-13)25-10-23-15/h2-5,8-9,12H,6-7,10-11H2,1H3,(H2,20,21,22). The SMILES string of the molecule is CC(NC(=O)NCCc1ccc2c(c1)OCO2)c1ccc2c(c1)OCO2. The van der Waals surface area contributed by atoms with Gasteiger partial charge < -0.3 is 29.6 Å². The van der Waals surface area contributed by atoms with E-state index >= 15 is 0 Å². The van der Waals surface area contributed by atoms with Crippen molar-refractivity contribution in [1.29, 1.82) is 0 Å². The third-order valence-corrected chi connectivity index (χ3v) is 4.38. The smallest absolute Gasteiger partial charge is 0.315 e. The zero-order valence-electron chi connectivity index (χ0n) is 14.4. The molecule has 0 saturated carbocycles. The second-order valence-corrected chi connectivity index (χ2v) is 6.17. The van der Waals surface area contributed by atoms with E-state index in [-0.39, 0.29) is 25.7 Å². The van der Waals surface area contributed by atoms with E-state index in [4.69, 9.17) is 18.9 Å². The molecular formula is C19H20N2O5. The lowest BCUT2D eigenvalue weighted by Gasteiger charge is -2.15. The summed E-state index contributed by atoms with van der Waals surface area (Å²) in [5, 5.41) is 5.80. The summed E-state index contributed by atoms with van der Waals surface area (Å²) in [5.41, 5.74) is 2.04. The van der Waals surface area contributed by atoms with Gasteiger partial charge >= 0.3 is 6.03 Å². The first kappa shape index (κ1) is 16.4. The molecule has 2 aromatic rings. The summed E-state index contributed by atoms with van der Waals surface area (Å²) in [6.45, 7) is 2.95. The van der Waals surface area contributed by atoms with E-state index in [9.17, 15) is 4.79 Å². The number of urea groups is 1. The van der Waals surface area contributed by atoms with Gasteiger partial charge in [0.2, 0.25) is 13.6 Å². The number of fused-ring (bicyclic) bond motifs is 2. The molecule has 7 heteroatoms. The average Bonchev–Trinajstić information content (AvgIpc) is 3.29. The molecule has 0 radical (unpaired) electrons. The van der Waals surface area contributed by atoms with E-state index in [1.54, 1.807) is 0 Å². The number of benzene rings is 2. The molecule has 0 fully saturated rings. The van der Waals surface area contributed by atoms with Gasteiger partial charge in [-0.25, -0.2) is 4.79 Å². The van der Waals surface area contributed by atoms with Crippen molar-refractivity contribution in [3.05, 3.63) is 47.5 Å². The first-order valence-electron chi connectivity index (χ1n) is 8.51. The Morgan fingerprint density at radius 1 is 0.962 bits per heavy atom. The fraction of sp³-hybridized carbons (Fsp3) is 0.316. The van der Waals surface area contributed by atoms with Crippen LogP contribution in [-0.4, -0.2) is 26.2 Å². The van der Waals surface area contributed by atoms with E-state index in [2.05, 4.69) is 10.6 Å². The molecule has 0 saturated heterocycles. The zero-order chi connectivity index (χ0) is 17.9. The van der Waals surface area contributed by atoms with Crippen LogP contribution in [0.5, 0.6) is 23.0 Å². The second kappa shape index (κ2) is 7.03. The molecule has 2 N–H and O–H groups in total. The van der Waals surface area contributed by atoms with Crippen LogP contribution in [0.1, 0.15) is 24.1 Å². The highest BCUT2D eigenvalue weighted by Gasteiger charge is 2.17. The van der Waals surface area contributed by atoms with Crippen LogP contribution >= 0.6 is 0 Å². The number of amides is 2. The van der Waals surface area contributed by atoms with Crippen LogP contribution < -0.4 is 29.6 Å². The third-order valence-electron chi connectivity index (χ3n) is 4.38. The minimum atomic E-state index is -0.212. The molecule has 0 aromatic heterocycles. The molecular weight excluding hydrogens is 336 g/mol. The Bertz CT molecular complexity index is 824. The first-order valence-corrected chi connectivity index (χ1v) is 8.51. The summed E-state index contributed by atoms with van der Waals surface area (Å²) < 4.78 is 21.3. The summed E-state index contributed by atoms with van der Waals surface area (Å²) in [6.07, 6.45) is 0.711. The Balaban J connectivity index is 1.26. The van der Waals surface area contributed by atoms with Gasteiger partial charge in [0.1, 0.15) is 0 Å². The minimum absolute atomic E-state index is 0.143. The molecule has 1 unspecified atom stereocenters. The van der Waals surface area contributed by atoms with Gasteiger partial charge in [0.05, 0.1) is 6.04 Å². The Morgan fingerprint density at radius 3 is 2.38 bits per heavy atom. The maximum Gasteiger partial charge on any atom is 0.315 e. The van der Waals surface area contributed by atoms with Gasteiger partial charge in [-0.1, -0.05) is 12.1 Å². The van der Waals surface area contributed by atoms with Crippen molar-refractivity contribution >= 4 is 6.03 Å². The first-order chi connectivity index (χ1) is 12.7. The van der Waals surface area contributed by atoms with Crippen molar-refractivity contribution in [3.8, 4) is 23.0 Å². The predicted molar refractivity (Wildman–Crippen MR) is 93.8 cm³/mol. The number of hydrogen-bond donors (Lipinski definition) is 2. The van der Waals surface area contributed by atoms with Crippen LogP contribution in [0.15, 0.2) is 36.4 Å². The zero-order valence-corrected chi connectivity index (χ0v) is 14.4. The van der Waals surface area contributed by atoms with Crippen molar-refractivity contribution in [2.24, 2.45) is 0 Å². The summed E-state index contributed by atoms with van der Waals surface area (Å²) in [5.74, 6) is 2.95. The van der Waals surface area contributed by atoms with E-state index in [0.717, 1.165) is 28.4 Å². The fourth-order valence-electron chi connectivity index (χ4n) is 2.93. The highest BCUT2D eigenvalue weighted by Crippen LogP contribution is 2.34. The Hall–Kier alpha value is -3.09. The quantitative estimate of drug-likeness (QED) is 0.861. The summed E-state index contributed by atoms with van der Waals surface area (Å²) in [7, 11) is 0. The van der Waals surface area contributed by atoms with Crippen molar-refractivity contribution < 1.29 is 23.7 Å². The summed E-state index contributed by atoms with van der Waals surface area (Å²) in [6, 6.07) is 11.1. The maximum atomic E-state index is 12.1. The van der Waals surface area contributed by atoms with Crippen LogP contribution in [0.4, 0.5) is 4.79 Å². The van der Waals surface area contributed by atoms with Crippen LogP contribution in [0.3, 0.4) is 0 Å². The molecule has 0 aliphatic carbocycles. The molecule has 7 nitrogen and oxygen atoms in total. The molecule has 0 spiro atoms. The monoisotopic (exact) mass is 356 g/mol. The van der Waals surface area contributed by atoms with Gasteiger partial charge in [-0.05, 0) is 48.7 Å². The fourth-order valence-corrected chi connectivity index (χ4v) is 2.93. The van der Waals surface area contributed by atoms with E-state index in [0.29, 0.717) is 18.7 Å². The number of rotatable bonds is 5. The number of hydrogen-bond acceptors (Lipinski definition) is 5. The molecule has 2 amide bonds. The topological polar surface area (TPSA) is 78.1 Å². The van der Waals surface area contributed by atoms with E-state index < -0.39 is 0 Å². The lowest BCUT2D eigenvalue weighted by atomic mass is 10.1. The highest BCUT2D eigenvalue weighted by atomic mass is 16.7. The van der Waals surface area contributed by atoms with Gasteiger partial charge in [-0.2, -0.15) is 0 Å². The normalized spacial score (nSPS) is 14.8. The largest absolute Gasteiger partial charge is 0.454 e. The predicted octanol–water partition coefficient (Wildman–Crippen LogP) is 2.75. The van der Waals surface area contributed by atoms with Crippen molar-refractivity contribution in [3.63, 3.8) is 0 Å². The lowest BCUT2D eigenvalue weighted by molar-refractivity contribution is 0.173. The summed E-state index contributed by atoms with van der Waals surface area (Å²) >= 11 is 0.